The number of nitrogens with one attached hydrogen (secondary N) is 1. The Bertz CT molecular complexity index is 356. The van der Waals surface area contributed by atoms with E-state index in [4.69, 9.17) is 12.8 Å². The summed E-state index contributed by atoms with van der Waals surface area (Å²) < 4.78 is 0.986. The van der Waals surface area contributed by atoms with Gasteiger partial charge in [-0.25, -0.2) is 4.98 Å². The molecule has 0 spiro atoms. The number of aromatic nitrogens is 1. The van der Waals surface area contributed by atoms with Crippen LogP contribution in [-0.4, -0.2) is 11.0 Å². The fourth-order valence-electron chi connectivity index (χ4n) is 0.955. The minimum absolute atomic E-state index is 0.114. The maximum atomic E-state index is 5.23. The fourth-order valence-corrected chi connectivity index (χ4v) is 2.14. The van der Waals surface area contributed by atoms with Crippen LogP contribution in [0.3, 0.4) is 0 Å². The first-order valence-electron chi connectivity index (χ1n) is 4.01. The van der Waals surface area contributed by atoms with E-state index < -0.39 is 0 Å². The van der Waals surface area contributed by atoms with Gasteiger partial charge in [0.05, 0.1) is 16.0 Å². The van der Waals surface area contributed by atoms with E-state index in [1.54, 1.807) is 6.20 Å². The Morgan fingerprint density at radius 3 is 2.57 bits per heavy atom. The number of hydrogen-bond donors (Lipinski definition) is 1. The number of thiazole rings is 1. The standard InChI is InChI=1S/C10H9BrN2S/c1-3-5-8(6-4-2)13-10-12-7-9(11)14-10/h1-2,7-8H,5-6H2,(H,12,13). The molecule has 0 aliphatic carbocycles. The fraction of sp³-hybridized carbons (Fsp3) is 0.300. The molecule has 0 aliphatic heterocycles. The Hall–Kier alpha value is -0.970. The quantitative estimate of drug-likeness (QED) is 0.850. The van der Waals surface area contributed by atoms with Gasteiger partial charge in [0, 0.05) is 12.8 Å². The highest BCUT2D eigenvalue weighted by Gasteiger charge is 2.07. The molecule has 0 aliphatic rings. The zero-order valence-electron chi connectivity index (χ0n) is 7.46. The maximum Gasteiger partial charge on any atom is 0.183 e. The second-order valence-electron chi connectivity index (χ2n) is 2.63. The summed E-state index contributed by atoms with van der Waals surface area (Å²) >= 11 is 4.86. The Labute approximate surface area is 96.3 Å². The third kappa shape index (κ3) is 3.41. The Kier molecular flexibility index (Phi) is 4.52. The van der Waals surface area contributed by atoms with E-state index >= 15 is 0 Å². The average Bonchev–Trinajstić information content (AvgIpc) is 2.52. The Morgan fingerprint density at radius 1 is 1.50 bits per heavy atom. The van der Waals surface area contributed by atoms with Crippen molar-refractivity contribution in [2.75, 3.05) is 5.32 Å². The van der Waals surface area contributed by atoms with Crippen molar-refractivity contribution < 1.29 is 0 Å². The molecule has 0 atom stereocenters. The topological polar surface area (TPSA) is 24.9 Å². The van der Waals surface area contributed by atoms with Crippen LogP contribution in [0.25, 0.3) is 0 Å². The van der Waals surface area contributed by atoms with Crippen molar-refractivity contribution in [3.8, 4) is 24.7 Å². The van der Waals surface area contributed by atoms with Crippen LogP contribution in [0.4, 0.5) is 5.13 Å². The lowest BCUT2D eigenvalue weighted by Crippen LogP contribution is -2.17. The maximum absolute atomic E-state index is 5.23. The second kappa shape index (κ2) is 5.70. The van der Waals surface area contributed by atoms with Crippen LogP contribution >= 0.6 is 27.3 Å². The predicted octanol–water partition coefficient (Wildman–Crippen LogP) is 2.73. The monoisotopic (exact) mass is 268 g/mol. The van der Waals surface area contributed by atoms with Gasteiger partial charge in [-0.2, -0.15) is 0 Å². The minimum atomic E-state index is 0.114. The highest BCUT2D eigenvalue weighted by Crippen LogP contribution is 2.24. The highest BCUT2D eigenvalue weighted by molar-refractivity contribution is 9.11. The lowest BCUT2D eigenvalue weighted by Gasteiger charge is -2.11. The first-order chi connectivity index (χ1) is 6.76. The number of halogens is 1. The summed E-state index contributed by atoms with van der Waals surface area (Å²) in [5, 5.41) is 4.03. The first-order valence-corrected chi connectivity index (χ1v) is 5.62. The van der Waals surface area contributed by atoms with E-state index in [-0.39, 0.29) is 6.04 Å². The summed E-state index contributed by atoms with van der Waals surface area (Å²) in [5.41, 5.74) is 0. The molecule has 72 valence electrons. The average molecular weight is 269 g/mol. The van der Waals surface area contributed by atoms with Gasteiger partial charge in [0.2, 0.25) is 0 Å². The van der Waals surface area contributed by atoms with Crippen molar-refractivity contribution in [1.82, 2.24) is 4.98 Å². The van der Waals surface area contributed by atoms with Crippen LogP contribution in [-0.2, 0) is 0 Å². The second-order valence-corrected chi connectivity index (χ2v) is 5.04. The molecule has 2 nitrogen and oxygen atoms in total. The number of hydrogen-bond acceptors (Lipinski definition) is 3. The van der Waals surface area contributed by atoms with Crippen molar-refractivity contribution in [2.24, 2.45) is 0 Å². The number of rotatable bonds is 4. The molecule has 1 heterocycles. The van der Waals surface area contributed by atoms with Crippen LogP contribution in [0.2, 0.25) is 0 Å². The molecule has 0 fully saturated rings. The van der Waals surface area contributed by atoms with Gasteiger partial charge in [-0.1, -0.05) is 11.3 Å². The summed E-state index contributed by atoms with van der Waals surface area (Å²) in [5.74, 6) is 5.17. The van der Waals surface area contributed by atoms with Gasteiger partial charge in [0.15, 0.2) is 5.13 Å². The molecule has 0 bridgehead atoms. The van der Waals surface area contributed by atoms with Crippen LogP contribution in [0.5, 0.6) is 0 Å². The SMILES string of the molecule is C#CCC(CC#C)Nc1ncc(Br)s1. The largest absolute Gasteiger partial charge is 0.357 e. The van der Waals surface area contributed by atoms with E-state index in [0.29, 0.717) is 12.8 Å². The van der Waals surface area contributed by atoms with E-state index in [1.807, 2.05) is 0 Å². The van der Waals surface area contributed by atoms with E-state index in [1.165, 1.54) is 11.3 Å². The molecule has 14 heavy (non-hydrogen) atoms. The van der Waals surface area contributed by atoms with Gasteiger partial charge < -0.3 is 5.32 Å². The first kappa shape index (κ1) is 11.1. The molecule has 1 rings (SSSR count). The normalized spacial score (nSPS) is 9.43. The molecule has 1 N–H and O–H groups in total. The molecule has 0 radical (unpaired) electrons. The van der Waals surface area contributed by atoms with Crippen molar-refractivity contribution in [1.29, 1.82) is 0 Å². The molecular formula is C10H9BrN2S. The highest BCUT2D eigenvalue weighted by atomic mass is 79.9. The van der Waals surface area contributed by atoms with E-state index in [9.17, 15) is 0 Å². The zero-order chi connectivity index (χ0) is 10.4. The van der Waals surface area contributed by atoms with Gasteiger partial charge >= 0.3 is 0 Å². The molecule has 0 aromatic carbocycles. The van der Waals surface area contributed by atoms with Crippen LogP contribution < -0.4 is 5.32 Å². The predicted molar refractivity (Wildman–Crippen MR) is 64.1 cm³/mol. The van der Waals surface area contributed by atoms with Gasteiger partial charge in [0.1, 0.15) is 0 Å². The summed E-state index contributed by atoms with van der Waals surface area (Å²) in [6.07, 6.45) is 13.4. The Morgan fingerprint density at radius 2 is 2.14 bits per heavy atom. The molecule has 0 unspecified atom stereocenters. The molecule has 0 saturated carbocycles. The van der Waals surface area contributed by atoms with E-state index in [0.717, 1.165) is 8.92 Å². The smallest absolute Gasteiger partial charge is 0.183 e. The lowest BCUT2D eigenvalue weighted by atomic mass is 10.1. The number of nitrogens with zero attached hydrogens (tertiary/aromatic N) is 1. The molecule has 4 heteroatoms. The van der Waals surface area contributed by atoms with Crippen molar-refractivity contribution in [2.45, 2.75) is 18.9 Å². The summed E-state index contributed by atoms with van der Waals surface area (Å²) in [6, 6.07) is 0.114. The summed E-state index contributed by atoms with van der Waals surface area (Å²) in [7, 11) is 0. The van der Waals surface area contributed by atoms with E-state index in [2.05, 4.69) is 38.1 Å². The number of terminal acetylenes is 2. The van der Waals surface area contributed by atoms with Crippen molar-refractivity contribution in [3.05, 3.63) is 9.98 Å². The van der Waals surface area contributed by atoms with Gasteiger partial charge in [-0.05, 0) is 15.9 Å². The summed E-state index contributed by atoms with van der Waals surface area (Å²) in [6.45, 7) is 0. The molecule has 1 aromatic heterocycles. The molecule has 1 aromatic rings. The van der Waals surface area contributed by atoms with Crippen molar-refractivity contribution in [3.63, 3.8) is 0 Å². The molecule has 0 amide bonds. The Balaban J connectivity index is 2.56. The molecule has 0 saturated heterocycles. The molecular weight excluding hydrogens is 260 g/mol. The van der Waals surface area contributed by atoms with Gasteiger partial charge in [-0.3, -0.25) is 0 Å². The lowest BCUT2D eigenvalue weighted by molar-refractivity contribution is 0.768. The minimum Gasteiger partial charge on any atom is -0.357 e. The van der Waals surface area contributed by atoms with Gasteiger partial charge in [0.25, 0.3) is 0 Å². The van der Waals surface area contributed by atoms with Crippen LogP contribution in [0.1, 0.15) is 12.8 Å². The van der Waals surface area contributed by atoms with Gasteiger partial charge in [-0.15, -0.1) is 24.7 Å². The summed E-state index contributed by atoms with van der Waals surface area (Å²) in [4.78, 5) is 4.14. The third-order valence-electron chi connectivity index (χ3n) is 1.53. The van der Waals surface area contributed by atoms with Crippen LogP contribution in [0.15, 0.2) is 9.98 Å². The van der Waals surface area contributed by atoms with Crippen LogP contribution in [0, 0.1) is 24.7 Å². The zero-order valence-corrected chi connectivity index (χ0v) is 9.86. The number of anilines is 1. The third-order valence-corrected chi connectivity index (χ3v) is 2.94. The van der Waals surface area contributed by atoms with Crippen molar-refractivity contribution >= 4 is 32.4 Å².